The highest BCUT2D eigenvalue weighted by atomic mass is 32.2. The van der Waals surface area contributed by atoms with E-state index in [-0.39, 0.29) is 12.6 Å². The Morgan fingerprint density at radius 3 is 1.76 bits per heavy atom. The number of amides is 1. The number of carboxylic acids is 1. The van der Waals surface area contributed by atoms with Gasteiger partial charge in [0.2, 0.25) is 0 Å². The van der Waals surface area contributed by atoms with Crippen molar-refractivity contribution in [3.63, 3.8) is 0 Å². The van der Waals surface area contributed by atoms with Crippen molar-refractivity contribution in [2.75, 3.05) is 39.5 Å². The van der Waals surface area contributed by atoms with E-state index in [1.807, 2.05) is 19.0 Å². The number of nitrogens with zero attached hydrogens (tertiary/aromatic N) is 2. The lowest BCUT2D eigenvalue weighted by Gasteiger charge is -2.23. The third-order valence-corrected chi connectivity index (χ3v) is 6.62. The molecule has 0 heterocycles. The lowest BCUT2D eigenvalue weighted by Crippen LogP contribution is -2.39. The Kier molecular flexibility index (Phi) is 21.4. The molecule has 0 aromatic rings. The molecule has 0 fully saturated rings. The van der Waals surface area contributed by atoms with Crippen LogP contribution in [0.2, 0.25) is 0 Å². The van der Waals surface area contributed by atoms with Crippen LogP contribution < -0.4 is 0 Å². The second kappa shape index (κ2) is 22.2. The number of aliphatic carboxylic acids is 1. The van der Waals surface area contributed by atoms with Crippen molar-refractivity contribution < 1.29 is 24.2 Å². The summed E-state index contributed by atoms with van der Waals surface area (Å²) in [7, 11) is 3.82. The van der Waals surface area contributed by atoms with Crippen LogP contribution in [0.5, 0.6) is 0 Å². The molecule has 0 spiro atoms. The molecule has 7 nitrogen and oxygen atoms in total. The highest BCUT2D eigenvalue weighted by molar-refractivity contribution is 8.13. The van der Waals surface area contributed by atoms with Gasteiger partial charge in [-0.2, -0.15) is 0 Å². The molecule has 0 radical (unpaired) electrons. The van der Waals surface area contributed by atoms with Crippen molar-refractivity contribution in [3.8, 4) is 0 Å². The highest BCUT2D eigenvalue weighted by Crippen LogP contribution is 2.18. The van der Waals surface area contributed by atoms with Gasteiger partial charge in [0.15, 0.2) is 0 Å². The minimum atomic E-state index is -1.13. The van der Waals surface area contributed by atoms with Crippen LogP contribution in [0.25, 0.3) is 0 Å². The van der Waals surface area contributed by atoms with Gasteiger partial charge >= 0.3 is 11.9 Å². The predicted molar refractivity (Wildman–Crippen MR) is 141 cm³/mol. The molecule has 0 atom stereocenters. The van der Waals surface area contributed by atoms with Gasteiger partial charge in [-0.1, -0.05) is 89.8 Å². The summed E-state index contributed by atoms with van der Waals surface area (Å²) in [5.74, 6) is -1.11. The standard InChI is InChI=1S/C26H50N2O5S/c1-5-7-9-11-13-15-17-23(18-16-14-12-10-8-6-2)33-25(31)22-28(21-24(29)30)26(32)34-20-19-27(3)4/h23H,5-22H2,1-4H3,(H,29,30). The summed E-state index contributed by atoms with van der Waals surface area (Å²) < 4.78 is 5.77. The lowest BCUT2D eigenvalue weighted by molar-refractivity contribution is -0.151. The molecule has 0 saturated carbocycles. The second-order valence-corrected chi connectivity index (χ2v) is 10.4. The number of carbonyl (C=O) groups excluding carboxylic acids is 2. The van der Waals surface area contributed by atoms with Gasteiger partial charge in [-0.05, 0) is 39.8 Å². The first kappa shape index (κ1) is 32.7. The van der Waals surface area contributed by atoms with E-state index < -0.39 is 23.7 Å². The van der Waals surface area contributed by atoms with Gasteiger partial charge in [0.05, 0.1) is 0 Å². The van der Waals surface area contributed by atoms with Crippen LogP contribution in [0.1, 0.15) is 104 Å². The number of hydrogen-bond acceptors (Lipinski definition) is 6. The van der Waals surface area contributed by atoms with Gasteiger partial charge in [0.25, 0.3) is 5.24 Å². The Labute approximate surface area is 212 Å². The van der Waals surface area contributed by atoms with Crippen molar-refractivity contribution in [3.05, 3.63) is 0 Å². The zero-order valence-electron chi connectivity index (χ0n) is 22.2. The fraction of sp³-hybridized carbons (Fsp3) is 0.885. The van der Waals surface area contributed by atoms with Crippen LogP contribution in [0.15, 0.2) is 0 Å². The molecule has 1 N–H and O–H groups in total. The summed E-state index contributed by atoms with van der Waals surface area (Å²) in [5, 5.41) is 8.79. The Hall–Kier alpha value is -1.28. The number of carboxylic acid groups (broad SMARTS) is 1. The van der Waals surface area contributed by atoms with Crippen molar-refractivity contribution in [2.24, 2.45) is 0 Å². The minimum absolute atomic E-state index is 0.159. The van der Waals surface area contributed by atoms with Gasteiger partial charge in [0, 0.05) is 12.3 Å². The normalized spacial score (nSPS) is 11.2. The van der Waals surface area contributed by atoms with E-state index in [2.05, 4.69) is 13.8 Å². The Bertz CT molecular complexity index is 529. The summed E-state index contributed by atoms with van der Waals surface area (Å²) >= 11 is 1.04. The van der Waals surface area contributed by atoms with Crippen molar-refractivity contribution in [1.29, 1.82) is 0 Å². The Balaban J connectivity index is 4.73. The first-order valence-electron chi connectivity index (χ1n) is 13.3. The molecule has 0 aliphatic carbocycles. The van der Waals surface area contributed by atoms with Gasteiger partial charge in [-0.25, -0.2) is 0 Å². The highest BCUT2D eigenvalue weighted by Gasteiger charge is 2.23. The van der Waals surface area contributed by atoms with E-state index in [1.165, 1.54) is 51.4 Å². The number of hydrogen-bond donors (Lipinski definition) is 1. The van der Waals surface area contributed by atoms with E-state index >= 15 is 0 Å². The van der Waals surface area contributed by atoms with Crippen molar-refractivity contribution in [1.82, 2.24) is 9.80 Å². The smallest absolute Gasteiger partial charge is 0.325 e. The molecule has 0 aromatic carbocycles. The topological polar surface area (TPSA) is 87.1 Å². The molecule has 0 aromatic heterocycles. The number of rotatable bonds is 22. The monoisotopic (exact) mass is 502 g/mol. The predicted octanol–water partition coefficient (Wildman–Crippen LogP) is 6.20. The average Bonchev–Trinajstić information content (AvgIpc) is 2.77. The maximum absolute atomic E-state index is 12.7. The second-order valence-electron chi connectivity index (χ2n) is 9.39. The minimum Gasteiger partial charge on any atom is -0.480 e. The molecule has 34 heavy (non-hydrogen) atoms. The molecule has 200 valence electrons. The number of unbranched alkanes of at least 4 members (excludes halogenated alkanes) is 10. The number of thioether (sulfide) groups is 1. The zero-order valence-corrected chi connectivity index (χ0v) is 23.0. The Morgan fingerprint density at radius 2 is 1.29 bits per heavy atom. The molecule has 1 amide bonds. The molecule has 0 aliphatic rings. The summed E-state index contributed by atoms with van der Waals surface area (Å²) in [6.45, 7) is 4.29. The third kappa shape index (κ3) is 20.1. The van der Waals surface area contributed by atoms with Crippen molar-refractivity contribution in [2.45, 2.75) is 110 Å². The van der Waals surface area contributed by atoms with Crippen LogP contribution in [-0.4, -0.2) is 77.7 Å². The molecule has 8 heteroatoms. The summed E-state index contributed by atoms with van der Waals surface area (Å²) in [5.41, 5.74) is 0. The largest absolute Gasteiger partial charge is 0.480 e. The van der Waals surface area contributed by atoms with Crippen molar-refractivity contribution >= 4 is 28.9 Å². The van der Waals surface area contributed by atoms with Gasteiger partial charge in [-0.15, -0.1) is 0 Å². The maximum Gasteiger partial charge on any atom is 0.325 e. The quantitative estimate of drug-likeness (QED) is 0.139. The van der Waals surface area contributed by atoms with E-state index in [0.717, 1.165) is 55.2 Å². The van der Waals surface area contributed by atoms with E-state index in [9.17, 15) is 19.5 Å². The summed E-state index contributed by atoms with van der Waals surface area (Å²) in [6.07, 6.45) is 15.7. The molecular formula is C26H50N2O5S. The first-order chi connectivity index (χ1) is 16.3. The van der Waals surface area contributed by atoms with Gasteiger partial charge in [0.1, 0.15) is 19.2 Å². The molecule has 0 unspecified atom stereocenters. The molecule has 0 rings (SSSR count). The third-order valence-electron chi connectivity index (χ3n) is 5.73. The molecule has 0 saturated heterocycles. The first-order valence-corrected chi connectivity index (χ1v) is 14.3. The van der Waals surface area contributed by atoms with E-state index in [0.29, 0.717) is 12.3 Å². The molecule has 0 aliphatic heterocycles. The van der Waals surface area contributed by atoms with Crippen LogP contribution in [0.3, 0.4) is 0 Å². The number of esters is 1. The van der Waals surface area contributed by atoms with Crippen LogP contribution >= 0.6 is 11.8 Å². The van der Waals surface area contributed by atoms with Crippen LogP contribution in [-0.2, 0) is 14.3 Å². The number of ether oxygens (including phenoxy) is 1. The molecule has 0 bridgehead atoms. The van der Waals surface area contributed by atoms with E-state index in [1.54, 1.807) is 0 Å². The van der Waals surface area contributed by atoms with Crippen LogP contribution in [0, 0.1) is 0 Å². The fourth-order valence-corrected chi connectivity index (χ4v) is 4.64. The Morgan fingerprint density at radius 1 is 0.794 bits per heavy atom. The van der Waals surface area contributed by atoms with E-state index in [4.69, 9.17) is 4.74 Å². The number of carbonyl (C=O) groups is 3. The summed E-state index contributed by atoms with van der Waals surface area (Å²) in [4.78, 5) is 39.4. The van der Waals surface area contributed by atoms with Crippen LogP contribution in [0.4, 0.5) is 4.79 Å². The maximum atomic E-state index is 12.7. The summed E-state index contributed by atoms with van der Waals surface area (Å²) in [6, 6.07) is 0. The molecular weight excluding hydrogens is 452 g/mol. The van der Waals surface area contributed by atoms with Gasteiger partial charge < -0.3 is 19.6 Å². The fourth-order valence-electron chi connectivity index (χ4n) is 3.70. The lowest BCUT2D eigenvalue weighted by atomic mass is 10.0. The average molecular weight is 503 g/mol. The SMILES string of the molecule is CCCCCCCCC(CCCCCCCC)OC(=O)CN(CC(=O)O)C(=O)SCCN(C)C. The zero-order chi connectivity index (χ0) is 25.6. The van der Waals surface area contributed by atoms with Gasteiger partial charge in [-0.3, -0.25) is 14.4 Å².